The lowest BCUT2D eigenvalue weighted by Gasteiger charge is -2.35. The molecule has 0 unspecified atom stereocenters. The van der Waals surface area contributed by atoms with Crippen molar-refractivity contribution in [1.29, 1.82) is 0 Å². The minimum Gasteiger partial charge on any atom is -0.338 e. The van der Waals surface area contributed by atoms with E-state index in [4.69, 9.17) is 5.73 Å². The molecule has 17 heavy (non-hydrogen) atoms. The van der Waals surface area contributed by atoms with Crippen molar-refractivity contribution in [1.82, 2.24) is 10.6 Å². The van der Waals surface area contributed by atoms with Crippen molar-refractivity contribution in [2.24, 2.45) is 5.73 Å². The highest BCUT2D eigenvalue weighted by molar-refractivity contribution is 5.74. The molecule has 1 aliphatic rings. The lowest BCUT2D eigenvalue weighted by atomic mass is 9.84. The van der Waals surface area contributed by atoms with Gasteiger partial charge >= 0.3 is 6.03 Å². The average Bonchev–Trinajstić information content (AvgIpc) is 2.30. The number of nitrogens with two attached hydrogens (primary N) is 1. The molecule has 0 radical (unpaired) electrons. The zero-order valence-electron chi connectivity index (χ0n) is 11.1. The molecule has 1 aliphatic carbocycles. The van der Waals surface area contributed by atoms with E-state index in [9.17, 15) is 4.79 Å². The molecular formula is C13H27N3O. The van der Waals surface area contributed by atoms with E-state index in [2.05, 4.69) is 17.6 Å². The van der Waals surface area contributed by atoms with Crippen LogP contribution >= 0.6 is 0 Å². The van der Waals surface area contributed by atoms with Crippen molar-refractivity contribution < 1.29 is 4.79 Å². The molecule has 0 saturated heterocycles. The second-order valence-electron chi connectivity index (χ2n) is 5.13. The molecule has 4 heteroatoms. The quantitative estimate of drug-likeness (QED) is 0.706. The number of carbonyl (C=O) groups excluding carboxylic acids is 1. The summed E-state index contributed by atoms with van der Waals surface area (Å²) in [6.07, 6.45) is 9.19. The lowest BCUT2D eigenvalue weighted by molar-refractivity contribution is 0.211. The maximum atomic E-state index is 11.8. The number of urea groups is 1. The molecule has 0 aromatic heterocycles. The fourth-order valence-corrected chi connectivity index (χ4v) is 2.49. The van der Waals surface area contributed by atoms with E-state index in [1.165, 1.54) is 32.1 Å². The highest BCUT2D eigenvalue weighted by Crippen LogP contribution is 2.25. The van der Waals surface area contributed by atoms with Crippen LogP contribution in [0.3, 0.4) is 0 Å². The first-order valence-electron chi connectivity index (χ1n) is 6.98. The molecule has 0 aromatic rings. The molecule has 1 fully saturated rings. The Hall–Kier alpha value is -0.770. The second-order valence-corrected chi connectivity index (χ2v) is 5.13. The molecule has 4 nitrogen and oxygen atoms in total. The van der Waals surface area contributed by atoms with Crippen LogP contribution in [0.2, 0.25) is 0 Å². The van der Waals surface area contributed by atoms with E-state index in [1.54, 1.807) is 0 Å². The zero-order chi connectivity index (χ0) is 12.6. The number of carbonyl (C=O) groups is 1. The summed E-state index contributed by atoms with van der Waals surface area (Å²) < 4.78 is 0. The molecule has 0 atom stereocenters. The largest absolute Gasteiger partial charge is 0.338 e. The molecule has 0 bridgehead atoms. The number of rotatable bonds is 4. The standard InChI is InChI=1S/C13H27N3O/c1-2-10-15-12(17)16-13(11-14)8-6-4-3-5-7-9-13/h2-11,14H2,1H3,(H2,15,16,17). The number of amides is 2. The second kappa shape index (κ2) is 7.54. The fraction of sp³-hybridized carbons (Fsp3) is 0.923. The van der Waals surface area contributed by atoms with E-state index < -0.39 is 0 Å². The molecule has 1 rings (SSSR count). The Balaban J connectivity index is 2.49. The summed E-state index contributed by atoms with van der Waals surface area (Å²) in [6.45, 7) is 3.33. The van der Waals surface area contributed by atoms with Gasteiger partial charge in [0.2, 0.25) is 0 Å². The maximum absolute atomic E-state index is 11.8. The van der Waals surface area contributed by atoms with E-state index in [-0.39, 0.29) is 11.6 Å². The first-order chi connectivity index (χ1) is 8.22. The van der Waals surface area contributed by atoms with E-state index in [1.807, 2.05) is 0 Å². The Morgan fingerprint density at radius 1 is 1.18 bits per heavy atom. The molecule has 0 aromatic carbocycles. The normalized spacial score (nSPS) is 20.1. The van der Waals surface area contributed by atoms with Crippen LogP contribution in [0.5, 0.6) is 0 Å². The van der Waals surface area contributed by atoms with Crippen molar-refractivity contribution in [2.75, 3.05) is 13.1 Å². The van der Waals surface area contributed by atoms with Gasteiger partial charge in [0.1, 0.15) is 0 Å². The Bertz CT molecular complexity index is 223. The molecule has 0 spiro atoms. The zero-order valence-corrected chi connectivity index (χ0v) is 11.1. The smallest absolute Gasteiger partial charge is 0.315 e. The van der Waals surface area contributed by atoms with Crippen LogP contribution in [-0.2, 0) is 0 Å². The summed E-state index contributed by atoms with van der Waals surface area (Å²) >= 11 is 0. The molecular weight excluding hydrogens is 214 g/mol. The van der Waals surface area contributed by atoms with Crippen LogP contribution in [0.4, 0.5) is 4.79 Å². The number of hydrogen-bond acceptors (Lipinski definition) is 2. The SMILES string of the molecule is CCCNC(=O)NC1(CN)CCCCCCC1. The van der Waals surface area contributed by atoms with Crippen LogP contribution in [0, 0.1) is 0 Å². The highest BCUT2D eigenvalue weighted by Gasteiger charge is 2.30. The Morgan fingerprint density at radius 3 is 2.29 bits per heavy atom. The topological polar surface area (TPSA) is 67.2 Å². The first-order valence-corrected chi connectivity index (χ1v) is 6.98. The molecule has 1 saturated carbocycles. The van der Waals surface area contributed by atoms with Gasteiger partial charge in [-0.25, -0.2) is 4.79 Å². The molecule has 0 aliphatic heterocycles. The van der Waals surface area contributed by atoms with Gasteiger partial charge in [0.25, 0.3) is 0 Å². The van der Waals surface area contributed by atoms with Gasteiger partial charge in [0.15, 0.2) is 0 Å². The molecule has 100 valence electrons. The van der Waals surface area contributed by atoms with Gasteiger partial charge in [-0.3, -0.25) is 0 Å². The van der Waals surface area contributed by atoms with Crippen LogP contribution < -0.4 is 16.4 Å². The Morgan fingerprint density at radius 2 is 1.76 bits per heavy atom. The molecule has 2 amide bonds. The van der Waals surface area contributed by atoms with Crippen molar-refractivity contribution in [3.63, 3.8) is 0 Å². The van der Waals surface area contributed by atoms with Crippen molar-refractivity contribution in [2.45, 2.75) is 63.8 Å². The highest BCUT2D eigenvalue weighted by atomic mass is 16.2. The monoisotopic (exact) mass is 241 g/mol. The van der Waals surface area contributed by atoms with Gasteiger partial charge in [-0.2, -0.15) is 0 Å². The summed E-state index contributed by atoms with van der Waals surface area (Å²) in [5, 5.41) is 5.98. The van der Waals surface area contributed by atoms with Crippen LogP contribution in [0.25, 0.3) is 0 Å². The Kier molecular flexibility index (Phi) is 6.34. The van der Waals surface area contributed by atoms with E-state index >= 15 is 0 Å². The maximum Gasteiger partial charge on any atom is 0.315 e. The minimum atomic E-state index is -0.168. The number of nitrogens with one attached hydrogen (secondary N) is 2. The predicted octanol–water partition coefficient (Wildman–Crippen LogP) is 2.14. The molecule has 4 N–H and O–H groups in total. The average molecular weight is 241 g/mol. The van der Waals surface area contributed by atoms with Crippen LogP contribution in [0.15, 0.2) is 0 Å². The van der Waals surface area contributed by atoms with E-state index in [0.29, 0.717) is 6.54 Å². The summed E-state index contributed by atoms with van der Waals surface area (Å²) in [6, 6.07) is -0.0575. The van der Waals surface area contributed by atoms with Crippen molar-refractivity contribution in [3.05, 3.63) is 0 Å². The fourth-order valence-electron chi connectivity index (χ4n) is 2.49. The summed E-state index contributed by atoms with van der Waals surface area (Å²) in [4.78, 5) is 11.8. The Labute approximate surface area is 105 Å². The van der Waals surface area contributed by atoms with Crippen molar-refractivity contribution >= 4 is 6.03 Å². The minimum absolute atomic E-state index is 0.0575. The third kappa shape index (κ3) is 4.94. The lowest BCUT2D eigenvalue weighted by Crippen LogP contribution is -2.56. The predicted molar refractivity (Wildman–Crippen MR) is 70.9 cm³/mol. The summed E-state index contributed by atoms with van der Waals surface area (Å²) in [7, 11) is 0. The van der Waals surface area contributed by atoms with E-state index in [0.717, 1.165) is 25.8 Å². The van der Waals surface area contributed by atoms with Gasteiger partial charge in [0.05, 0.1) is 5.54 Å². The third-order valence-electron chi connectivity index (χ3n) is 3.62. The molecule has 0 heterocycles. The first kappa shape index (κ1) is 14.3. The summed E-state index contributed by atoms with van der Waals surface area (Å²) in [5.74, 6) is 0. The van der Waals surface area contributed by atoms with Gasteiger partial charge < -0.3 is 16.4 Å². The van der Waals surface area contributed by atoms with Crippen molar-refractivity contribution in [3.8, 4) is 0 Å². The van der Waals surface area contributed by atoms with Crippen LogP contribution in [0.1, 0.15) is 58.3 Å². The van der Waals surface area contributed by atoms with Gasteiger partial charge in [-0.05, 0) is 19.3 Å². The van der Waals surface area contributed by atoms with Gasteiger partial charge in [-0.15, -0.1) is 0 Å². The van der Waals surface area contributed by atoms with Gasteiger partial charge in [0, 0.05) is 13.1 Å². The summed E-state index contributed by atoms with van der Waals surface area (Å²) in [5.41, 5.74) is 5.72. The third-order valence-corrected chi connectivity index (χ3v) is 3.62. The number of hydrogen-bond donors (Lipinski definition) is 3. The van der Waals surface area contributed by atoms with Gasteiger partial charge in [-0.1, -0.05) is 39.0 Å². The van der Waals surface area contributed by atoms with Crippen LogP contribution in [-0.4, -0.2) is 24.7 Å².